The molecule has 3 heterocycles. The molecule has 0 atom stereocenters. The topological polar surface area (TPSA) is 63.7 Å². The number of carbonyl (C=O) groups excluding carboxylic acids is 1. The van der Waals surface area contributed by atoms with Crippen LogP contribution in [0.2, 0.25) is 0 Å². The lowest BCUT2D eigenvalue weighted by molar-refractivity contribution is 0.0985. The van der Waals surface area contributed by atoms with Crippen molar-refractivity contribution in [2.45, 2.75) is 32.0 Å². The number of nitrogens with zero attached hydrogens (tertiary/aromatic N) is 2. The molecule has 1 amide bonds. The number of fused-ring (bicyclic) bond motifs is 1. The molecule has 0 saturated carbocycles. The molecule has 0 radical (unpaired) electrons. The van der Waals surface area contributed by atoms with E-state index >= 15 is 0 Å². The van der Waals surface area contributed by atoms with E-state index in [1.807, 2.05) is 12.1 Å². The molecule has 4 rings (SSSR count). The Balaban J connectivity index is 1.45. The molecule has 1 saturated heterocycles. The van der Waals surface area contributed by atoms with E-state index in [0.717, 1.165) is 37.9 Å². The second kappa shape index (κ2) is 8.06. The predicted octanol–water partition coefficient (Wildman–Crippen LogP) is 2.88. The number of ether oxygens (including phenoxy) is 2. The Morgan fingerprint density at radius 3 is 3.00 bits per heavy atom. The van der Waals surface area contributed by atoms with Crippen LogP contribution in [0.3, 0.4) is 0 Å². The number of nitrogens with one attached hydrogen (secondary N) is 1. The molecule has 27 heavy (non-hydrogen) atoms. The number of carbonyl (C=O) groups is 1. The van der Waals surface area contributed by atoms with E-state index in [4.69, 9.17) is 9.47 Å². The average molecular weight is 367 g/mol. The van der Waals surface area contributed by atoms with Crippen molar-refractivity contribution in [1.29, 1.82) is 0 Å². The summed E-state index contributed by atoms with van der Waals surface area (Å²) in [5.74, 6) is 0.426. The molecule has 2 aliphatic heterocycles. The summed E-state index contributed by atoms with van der Waals surface area (Å²) in [5.41, 5.74) is 3.53. The molecule has 6 heteroatoms. The van der Waals surface area contributed by atoms with E-state index in [1.165, 1.54) is 5.56 Å². The van der Waals surface area contributed by atoms with Crippen LogP contribution in [-0.2, 0) is 17.8 Å². The standard InChI is InChI=1S/C21H25N3O3/c1-24-10-6-17(7-11-24)27-20-13-16(5-9-22-20)23-21(25)18-4-2-3-15-8-12-26-14-19(15)18/h2-5,9,13,17H,6-8,10-12,14H2,1H3,(H,22,23,25). The maximum absolute atomic E-state index is 12.8. The Hall–Kier alpha value is -2.44. The second-order valence-corrected chi connectivity index (χ2v) is 7.20. The molecule has 1 N–H and O–H groups in total. The van der Waals surface area contributed by atoms with Crippen LogP contribution in [0.25, 0.3) is 0 Å². The fourth-order valence-electron chi connectivity index (χ4n) is 3.63. The number of anilines is 1. The van der Waals surface area contributed by atoms with E-state index in [-0.39, 0.29) is 12.0 Å². The van der Waals surface area contributed by atoms with Crippen LogP contribution in [0.1, 0.15) is 34.3 Å². The molecule has 6 nitrogen and oxygen atoms in total. The smallest absolute Gasteiger partial charge is 0.256 e. The van der Waals surface area contributed by atoms with Gasteiger partial charge in [-0.25, -0.2) is 4.98 Å². The summed E-state index contributed by atoms with van der Waals surface area (Å²) < 4.78 is 11.5. The van der Waals surface area contributed by atoms with E-state index in [0.29, 0.717) is 30.3 Å². The second-order valence-electron chi connectivity index (χ2n) is 7.20. The number of hydrogen-bond donors (Lipinski definition) is 1. The summed E-state index contributed by atoms with van der Waals surface area (Å²) in [4.78, 5) is 19.4. The first kappa shape index (κ1) is 17.9. The van der Waals surface area contributed by atoms with Gasteiger partial charge < -0.3 is 19.7 Å². The number of likely N-dealkylation sites (tertiary alicyclic amines) is 1. The van der Waals surface area contributed by atoms with E-state index in [1.54, 1.807) is 18.3 Å². The zero-order valence-electron chi connectivity index (χ0n) is 15.6. The molecular formula is C21H25N3O3. The van der Waals surface area contributed by atoms with Crippen molar-refractivity contribution in [2.24, 2.45) is 0 Å². The Bertz CT molecular complexity index is 816. The number of pyridine rings is 1. The van der Waals surface area contributed by atoms with Crippen LogP contribution in [0, 0.1) is 0 Å². The van der Waals surface area contributed by atoms with E-state index in [9.17, 15) is 4.79 Å². The summed E-state index contributed by atoms with van der Waals surface area (Å²) in [6.07, 6.45) is 4.68. The molecule has 0 unspecified atom stereocenters. The van der Waals surface area contributed by atoms with Gasteiger partial charge in [-0.2, -0.15) is 0 Å². The van der Waals surface area contributed by atoms with Crippen molar-refractivity contribution in [1.82, 2.24) is 9.88 Å². The Morgan fingerprint density at radius 2 is 2.15 bits per heavy atom. The van der Waals surface area contributed by atoms with Gasteiger partial charge in [0.25, 0.3) is 5.91 Å². The third-order valence-electron chi connectivity index (χ3n) is 5.23. The highest BCUT2D eigenvalue weighted by Gasteiger charge is 2.20. The van der Waals surface area contributed by atoms with Crippen molar-refractivity contribution >= 4 is 11.6 Å². The molecule has 1 fully saturated rings. The van der Waals surface area contributed by atoms with Gasteiger partial charge in [-0.05, 0) is 49.6 Å². The van der Waals surface area contributed by atoms with Gasteiger partial charge in [-0.3, -0.25) is 4.79 Å². The summed E-state index contributed by atoms with van der Waals surface area (Å²) in [6.45, 7) is 3.25. The van der Waals surface area contributed by atoms with Gasteiger partial charge in [0, 0.05) is 36.6 Å². The Kier molecular flexibility index (Phi) is 5.36. The normalized spacial score (nSPS) is 18.0. The van der Waals surface area contributed by atoms with Crippen LogP contribution in [0.4, 0.5) is 5.69 Å². The van der Waals surface area contributed by atoms with E-state index < -0.39 is 0 Å². The monoisotopic (exact) mass is 367 g/mol. The number of amides is 1. The third-order valence-corrected chi connectivity index (χ3v) is 5.23. The summed E-state index contributed by atoms with van der Waals surface area (Å²) >= 11 is 0. The Morgan fingerprint density at radius 1 is 1.30 bits per heavy atom. The molecule has 0 spiro atoms. The van der Waals surface area contributed by atoms with Gasteiger partial charge in [-0.1, -0.05) is 12.1 Å². The summed E-state index contributed by atoms with van der Waals surface area (Å²) in [6, 6.07) is 9.42. The first-order valence-corrected chi connectivity index (χ1v) is 9.50. The first-order chi connectivity index (χ1) is 13.2. The average Bonchev–Trinajstić information content (AvgIpc) is 2.69. The quantitative estimate of drug-likeness (QED) is 0.900. The van der Waals surface area contributed by atoms with Crippen LogP contribution >= 0.6 is 0 Å². The zero-order valence-corrected chi connectivity index (χ0v) is 15.6. The predicted molar refractivity (Wildman–Crippen MR) is 103 cm³/mol. The van der Waals surface area contributed by atoms with Crippen molar-refractivity contribution in [2.75, 3.05) is 32.1 Å². The number of piperidine rings is 1. The lowest BCUT2D eigenvalue weighted by atomic mass is 9.97. The molecule has 0 aliphatic carbocycles. The number of aromatic nitrogens is 1. The lowest BCUT2D eigenvalue weighted by Crippen LogP contribution is -2.35. The van der Waals surface area contributed by atoms with Crippen LogP contribution in [-0.4, -0.2) is 48.6 Å². The van der Waals surface area contributed by atoms with Gasteiger partial charge in [0.2, 0.25) is 5.88 Å². The summed E-state index contributed by atoms with van der Waals surface area (Å²) in [7, 11) is 2.12. The van der Waals surface area contributed by atoms with Crippen LogP contribution in [0.15, 0.2) is 36.5 Å². The molecule has 0 bridgehead atoms. The number of rotatable bonds is 4. The van der Waals surface area contributed by atoms with Gasteiger partial charge in [0.15, 0.2) is 0 Å². The highest BCUT2D eigenvalue weighted by Crippen LogP contribution is 2.23. The maximum Gasteiger partial charge on any atom is 0.256 e. The molecule has 2 aliphatic rings. The van der Waals surface area contributed by atoms with Crippen molar-refractivity contribution in [3.8, 4) is 5.88 Å². The molecule has 1 aromatic heterocycles. The van der Waals surface area contributed by atoms with Crippen LogP contribution in [0.5, 0.6) is 5.88 Å². The largest absolute Gasteiger partial charge is 0.474 e. The third kappa shape index (κ3) is 4.28. The van der Waals surface area contributed by atoms with Gasteiger partial charge in [0.1, 0.15) is 6.10 Å². The fraction of sp³-hybridized carbons (Fsp3) is 0.429. The fourth-order valence-corrected chi connectivity index (χ4v) is 3.63. The van der Waals surface area contributed by atoms with Crippen LogP contribution < -0.4 is 10.1 Å². The SMILES string of the molecule is CN1CCC(Oc2cc(NC(=O)c3cccc4c3COCC4)ccn2)CC1. The van der Waals surface area contributed by atoms with E-state index in [2.05, 4.69) is 28.3 Å². The highest BCUT2D eigenvalue weighted by molar-refractivity contribution is 6.05. The molecule has 142 valence electrons. The van der Waals surface area contributed by atoms with Gasteiger partial charge in [-0.15, -0.1) is 0 Å². The maximum atomic E-state index is 12.8. The lowest BCUT2D eigenvalue weighted by Gasteiger charge is -2.28. The molecule has 2 aromatic rings. The minimum absolute atomic E-state index is 0.131. The summed E-state index contributed by atoms with van der Waals surface area (Å²) in [5, 5.41) is 2.97. The van der Waals surface area contributed by atoms with Crippen molar-refractivity contribution < 1.29 is 14.3 Å². The number of hydrogen-bond acceptors (Lipinski definition) is 5. The van der Waals surface area contributed by atoms with Gasteiger partial charge >= 0.3 is 0 Å². The van der Waals surface area contributed by atoms with Crippen molar-refractivity contribution in [3.05, 3.63) is 53.2 Å². The molecule has 1 aromatic carbocycles. The molecular weight excluding hydrogens is 342 g/mol. The minimum atomic E-state index is -0.131. The van der Waals surface area contributed by atoms with Crippen molar-refractivity contribution in [3.63, 3.8) is 0 Å². The number of benzene rings is 1. The zero-order chi connectivity index (χ0) is 18.6. The first-order valence-electron chi connectivity index (χ1n) is 9.50. The highest BCUT2D eigenvalue weighted by atomic mass is 16.5. The Labute approximate surface area is 159 Å². The van der Waals surface area contributed by atoms with Gasteiger partial charge in [0.05, 0.1) is 13.2 Å². The minimum Gasteiger partial charge on any atom is -0.474 e.